The smallest absolute Gasteiger partial charge is 0.336 e. The molecule has 1 aromatic carbocycles. The molecule has 0 amide bonds. The number of nitrogens with zero attached hydrogens (tertiary/aromatic N) is 2. The van der Waals surface area contributed by atoms with Gasteiger partial charge in [0, 0.05) is 11.8 Å². The maximum atomic E-state index is 13.4. The number of fused-ring (bicyclic) bond motifs is 1. The van der Waals surface area contributed by atoms with Gasteiger partial charge in [-0.1, -0.05) is 0 Å². The molecule has 0 atom stereocenters. The molecular weight excluding hydrogens is 286 g/mol. The Morgan fingerprint density at radius 3 is 2.70 bits per heavy atom. The minimum atomic E-state index is -1.34. The summed E-state index contributed by atoms with van der Waals surface area (Å²) in [6.07, 6.45) is 3.10. The van der Waals surface area contributed by atoms with Gasteiger partial charge in [-0.2, -0.15) is 0 Å². The second-order valence-corrected chi connectivity index (χ2v) is 5.01. The largest absolute Gasteiger partial charge is 0.478 e. The van der Waals surface area contributed by atoms with Gasteiger partial charge in [0.1, 0.15) is 10.5 Å². The zero-order chi connectivity index (χ0) is 14.3. The number of carbonyl (C=O) groups is 1. The van der Waals surface area contributed by atoms with E-state index in [9.17, 15) is 13.6 Å². The van der Waals surface area contributed by atoms with Gasteiger partial charge in [0.25, 0.3) is 0 Å². The van der Waals surface area contributed by atoms with Crippen molar-refractivity contribution in [3.05, 3.63) is 47.8 Å². The number of pyridine rings is 1. The highest BCUT2D eigenvalue weighted by Gasteiger charge is 2.19. The summed E-state index contributed by atoms with van der Waals surface area (Å²) in [5.74, 6) is -3.65. The standard InChI is InChI=1S/C13H6F2N2O2S/c14-8-3-6(7(13(18)19)4-9(8)15)12-17-10-5-16-2-1-11(10)20-12/h1-5H,(H,18,19). The van der Waals surface area contributed by atoms with Crippen LogP contribution in [0.25, 0.3) is 20.8 Å². The van der Waals surface area contributed by atoms with Gasteiger partial charge in [0.05, 0.1) is 16.5 Å². The summed E-state index contributed by atoms with van der Waals surface area (Å²) in [6.45, 7) is 0. The highest BCUT2D eigenvalue weighted by molar-refractivity contribution is 7.21. The number of carboxylic acids is 1. The minimum absolute atomic E-state index is 0.0533. The lowest BCUT2D eigenvalue weighted by atomic mass is 10.1. The SMILES string of the molecule is O=C(O)c1cc(F)c(F)cc1-c1nc2cnccc2s1. The number of carboxylic acid groups (broad SMARTS) is 1. The molecular formula is C13H6F2N2O2S. The summed E-state index contributed by atoms with van der Waals surface area (Å²) >= 11 is 1.19. The van der Waals surface area contributed by atoms with Crippen LogP contribution >= 0.6 is 11.3 Å². The predicted octanol–water partition coefficient (Wildman–Crippen LogP) is 3.33. The van der Waals surface area contributed by atoms with Crippen LogP contribution in [-0.4, -0.2) is 21.0 Å². The number of thiazole rings is 1. The molecule has 0 aliphatic rings. The maximum absolute atomic E-state index is 13.4. The van der Waals surface area contributed by atoms with Crippen LogP contribution in [0.15, 0.2) is 30.6 Å². The molecule has 1 N–H and O–H groups in total. The Bertz CT molecular complexity index is 799. The molecule has 7 heteroatoms. The molecule has 0 fully saturated rings. The van der Waals surface area contributed by atoms with Crippen molar-refractivity contribution in [2.45, 2.75) is 0 Å². The molecule has 2 aromatic heterocycles. The van der Waals surface area contributed by atoms with Crippen LogP contribution in [0.1, 0.15) is 10.4 Å². The Morgan fingerprint density at radius 1 is 1.25 bits per heavy atom. The number of rotatable bonds is 2. The van der Waals surface area contributed by atoms with Crippen molar-refractivity contribution < 1.29 is 18.7 Å². The van der Waals surface area contributed by atoms with Crippen LogP contribution in [-0.2, 0) is 0 Å². The highest BCUT2D eigenvalue weighted by Crippen LogP contribution is 2.32. The average molecular weight is 292 g/mol. The van der Waals surface area contributed by atoms with E-state index in [1.54, 1.807) is 12.3 Å². The zero-order valence-electron chi connectivity index (χ0n) is 9.80. The number of hydrogen-bond acceptors (Lipinski definition) is 4. The molecule has 0 saturated heterocycles. The number of hydrogen-bond donors (Lipinski definition) is 1. The predicted molar refractivity (Wildman–Crippen MR) is 69.7 cm³/mol. The molecule has 0 bridgehead atoms. The molecule has 4 nitrogen and oxygen atoms in total. The fraction of sp³-hybridized carbons (Fsp3) is 0. The van der Waals surface area contributed by atoms with E-state index in [4.69, 9.17) is 5.11 Å². The van der Waals surface area contributed by atoms with Crippen LogP contribution in [0.5, 0.6) is 0 Å². The minimum Gasteiger partial charge on any atom is -0.478 e. The molecule has 0 aliphatic heterocycles. The van der Waals surface area contributed by atoms with Crippen molar-refractivity contribution in [2.24, 2.45) is 0 Å². The van der Waals surface area contributed by atoms with Crippen molar-refractivity contribution >= 4 is 27.5 Å². The van der Waals surface area contributed by atoms with Gasteiger partial charge in [-0.05, 0) is 18.2 Å². The number of aromatic nitrogens is 2. The van der Waals surface area contributed by atoms with Gasteiger partial charge >= 0.3 is 5.97 Å². The molecule has 0 unspecified atom stereocenters. The van der Waals surface area contributed by atoms with Gasteiger partial charge in [0.15, 0.2) is 11.6 Å². The topological polar surface area (TPSA) is 63.1 Å². The van der Waals surface area contributed by atoms with Crippen LogP contribution in [0.3, 0.4) is 0 Å². The van der Waals surface area contributed by atoms with Crippen molar-refractivity contribution in [1.82, 2.24) is 9.97 Å². The monoisotopic (exact) mass is 292 g/mol. The van der Waals surface area contributed by atoms with Gasteiger partial charge < -0.3 is 5.11 Å². The van der Waals surface area contributed by atoms with E-state index < -0.39 is 17.6 Å². The third kappa shape index (κ3) is 2.01. The van der Waals surface area contributed by atoms with E-state index in [2.05, 4.69) is 9.97 Å². The Kier molecular flexibility index (Phi) is 2.90. The summed E-state index contributed by atoms with van der Waals surface area (Å²) in [5, 5.41) is 9.40. The van der Waals surface area contributed by atoms with Gasteiger partial charge in [-0.15, -0.1) is 11.3 Å². The lowest BCUT2D eigenvalue weighted by Crippen LogP contribution is -2.02. The van der Waals surface area contributed by atoms with Crippen LogP contribution < -0.4 is 0 Å². The average Bonchev–Trinajstić information content (AvgIpc) is 2.84. The second-order valence-electron chi connectivity index (χ2n) is 3.98. The summed E-state index contributed by atoms with van der Waals surface area (Å²) in [4.78, 5) is 19.3. The third-order valence-corrected chi connectivity index (χ3v) is 3.78. The Labute approximate surface area is 115 Å². The van der Waals surface area contributed by atoms with E-state index in [-0.39, 0.29) is 11.1 Å². The van der Waals surface area contributed by atoms with E-state index >= 15 is 0 Å². The van der Waals surface area contributed by atoms with Crippen molar-refractivity contribution in [3.63, 3.8) is 0 Å². The summed E-state index contributed by atoms with van der Waals surface area (Å²) in [7, 11) is 0. The maximum Gasteiger partial charge on any atom is 0.336 e. The molecule has 2 heterocycles. The third-order valence-electron chi connectivity index (χ3n) is 2.71. The molecule has 0 radical (unpaired) electrons. The Balaban J connectivity index is 2.27. The molecule has 0 spiro atoms. The van der Waals surface area contributed by atoms with Crippen molar-refractivity contribution in [2.75, 3.05) is 0 Å². The lowest BCUT2D eigenvalue weighted by Gasteiger charge is -2.03. The van der Waals surface area contributed by atoms with E-state index in [0.29, 0.717) is 16.6 Å². The first-order valence-electron chi connectivity index (χ1n) is 5.49. The first kappa shape index (κ1) is 12.6. The highest BCUT2D eigenvalue weighted by atomic mass is 32.1. The quantitative estimate of drug-likeness (QED) is 0.787. The van der Waals surface area contributed by atoms with E-state index in [1.807, 2.05) is 0 Å². The molecule has 20 heavy (non-hydrogen) atoms. The Hall–Kier alpha value is -2.41. The number of halogens is 2. The summed E-state index contributed by atoms with van der Waals surface area (Å²) in [5.41, 5.74) is 0.307. The van der Waals surface area contributed by atoms with Crippen molar-refractivity contribution in [3.8, 4) is 10.6 Å². The van der Waals surface area contributed by atoms with Crippen LogP contribution in [0, 0.1) is 11.6 Å². The molecule has 3 aromatic rings. The first-order valence-corrected chi connectivity index (χ1v) is 6.31. The molecule has 0 aliphatic carbocycles. The molecule has 100 valence electrons. The fourth-order valence-corrected chi connectivity index (χ4v) is 2.76. The normalized spacial score (nSPS) is 10.9. The number of aromatic carboxylic acids is 1. The summed E-state index contributed by atoms with van der Waals surface area (Å²) in [6, 6.07) is 3.23. The zero-order valence-corrected chi connectivity index (χ0v) is 10.6. The molecule has 0 saturated carbocycles. The Morgan fingerprint density at radius 2 is 2.00 bits per heavy atom. The second kappa shape index (κ2) is 4.61. The number of benzene rings is 1. The van der Waals surface area contributed by atoms with E-state index in [0.717, 1.165) is 10.8 Å². The van der Waals surface area contributed by atoms with Crippen LogP contribution in [0.4, 0.5) is 8.78 Å². The first-order chi connectivity index (χ1) is 9.56. The van der Waals surface area contributed by atoms with Crippen molar-refractivity contribution in [1.29, 1.82) is 0 Å². The van der Waals surface area contributed by atoms with Crippen LogP contribution in [0.2, 0.25) is 0 Å². The summed E-state index contributed by atoms with van der Waals surface area (Å²) < 4.78 is 27.3. The van der Waals surface area contributed by atoms with E-state index in [1.165, 1.54) is 17.5 Å². The van der Waals surface area contributed by atoms with Gasteiger partial charge in [-0.3, -0.25) is 4.98 Å². The van der Waals surface area contributed by atoms with Gasteiger partial charge in [-0.25, -0.2) is 18.6 Å². The fourth-order valence-electron chi connectivity index (χ4n) is 1.80. The molecule has 3 rings (SSSR count). The van der Waals surface area contributed by atoms with Gasteiger partial charge in [0.2, 0.25) is 0 Å². The lowest BCUT2D eigenvalue weighted by molar-refractivity contribution is 0.0697.